The van der Waals surface area contributed by atoms with Gasteiger partial charge in [0.1, 0.15) is 11.9 Å². The van der Waals surface area contributed by atoms with E-state index in [1.54, 1.807) is 0 Å². The number of carbonyl (C=O) groups excluding carboxylic acids is 1. The van der Waals surface area contributed by atoms with Crippen LogP contribution < -0.4 is 16.0 Å². The number of anilines is 2. The van der Waals surface area contributed by atoms with E-state index in [4.69, 9.17) is 5.73 Å². The number of amides is 1. The highest BCUT2D eigenvalue weighted by atomic mass is 35.5. The number of hydrogen-bond acceptors (Lipinski definition) is 4. The van der Waals surface area contributed by atoms with Crippen LogP contribution in [0.3, 0.4) is 0 Å². The molecule has 1 amide bonds. The summed E-state index contributed by atoms with van der Waals surface area (Å²) in [4.78, 5) is 18.9. The van der Waals surface area contributed by atoms with Crippen molar-refractivity contribution < 1.29 is 4.79 Å². The molecule has 0 spiro atoms. The Morgan fingerprint density at radius 1 is 1.04 bits per heavy atom. The Labute approximate surface area is 160 Å². The van der Waals surface area contributed by atoms with Crippen molar-refractivity contribution in [1.29, 1.82) is 0 Å². The monoisotopic (exact) mass is 382 g/mol. The van der Waals surface area contributed by atoms with Crippen molar-refractivity contribution in [2.24, 2.45) is 5.73 Å². The predicted molar refractivity (Wildman–Crippen MR) is 107 cm³/mol. The number of carbonyl (C=O) groups is 1. The van der Waals surface area contributed by atoms with Crippen LogP contribution in [0.5, 0.6) is 0 Å². The molecule has 1 saturated heterocycles. The second-order valence-electron chi connectivity index (χ2n) is 5.83. The number of benzene rings is 1. The molecule has 0 bridgehead atoms. The maximum absolute atomic E-state index is 12.2. The number of rotatable bonds is 4. The molecule has 1 fully saturated rings. The third-order valence-corrected chi connectivity index (χ3v) is 4.16. The minimum Gasteiger partial charge on any atom is -0.370 e. The van der Waals surface area contributed by atoms with Crippen LogP contribution >= 0.6 is 24.8 Å². The number of nitrogens with one attached hydrogen (secondary N) is 1. The Morgan fingerprint density at radius 2 is 1.72 bits per heavy atom. The SMILES string of the molecule is Cl.Cl.NC(C(=O)Nc1ccc(N2CCCCC2)cn1)c1ccccc1. The summed E-state index contributed by atoms with van der Waals surface area (Å²) in [5.74, 6) is 0.275. The minimum atomic E-state index is -0.695. The van der Waals surface area contributed by atoms with Gasteiger partial charge in [-0.05, 0) is 37.0 Å². The van der Waals surface area contributed by atoms with E-state index in [1.165, 1.54) is 19.3 Å². The molecule has 7 heteroatoms. The first-order valence-corrected chi connectivity index (χ1v) is 8.06. The normalized spacial score (nSPS) is 14.7. The van der Waals surface area contributed by atoms with E-state index in [0.717, 1.165) is 24.3 Å². The molecule has 2 aromatic rings. The molecule has 1 aliphatic heterocycles. The van der Waals surface area contributed by atoms with E-state index in [2.05, 4.69) is 15.2 Å². The smallest absolute Gasteiger partial charge is 0.247 e. The van der Waals surface area contributed by atoms with Crippen molar-refractivity contribution in [3.05, 3.63) is 54.2 Å². The molecule has 1 unspecified atom stereocenters. The summed E-state index contributed by atoms with van der Waals surface area (Å²) >= 11 is 0. The maximum atomic E-state index is 12.2. The number of aromatic nitrogens is 1. The van der Waals surface area contributed by atoms with Gasteiger partial charge in [0.2, 0.25) is 5.91 Å². The predicted octanol–water partition coefficient (Wildman–Crippen LogP) is 3.55. The molecule has 3 rings (SSSR count). The third kappa shape index (κ3) is 5.59. The van der Waals surface area contributed by atoms with Crippen LogP contribution in [0, 0.1) is 0 Å². The van der Waals surface area contributed by atoms with Crippen molar-refractivity contribution in [3.8, 4) is 0 Å². The lowest BCUT2D eigenvalue weighted by Gasteiger charge is -2.28. The van der Waals surface area contributed by atoms with Gasteiger partial charge in [-0.25, -0.2) is 4.98 Å². The summed E-state index contributed by atoms with van der Waals surface area (Å²) in [6, 6.07) is 12.5. The van der Waals surface area contributed by atoms with E-state index >= 15 is 0 Å². The highest BCUT2D eigenvalue weighted by Gasteiger charge is 2.16. The lowest BCUT2D eigenvalue weighted by atomic mass is 10.1. The second kappa shape index (κ2) is 10.2. The lowest BCUT2D eigenvalue weighted by Crippen LogP contribution is -2.30. The van der Waals surface area contributed by atoms with Crippen LogP contribution in [-0.2, 0) is 4.79 Å². The molecule has 2 heterocycles. The van der Waals surface area contributed by atoms with Gasteiger partial charge in [-0.15, -0.1) is 24.8 Å². The van der Waals surface area contributed by atoms with Gasteiger partial charge < -0.3 is 16.0 Å². The molecule has 0 aliphatic carbocycles. The zero-order valence-corrected chi connectivity index (χ0v) is 15.6. The second-order valence-corrected chi connectivity index (χ2v) is 5.83. The Kier molecular flexibility index (Phi) is 8.69. The average Bonchev–Trinajstić information content (AvgIpc) is 2.63. The highest BCUT2D eigenvalue weighted by Crippen LogP contribution is 2.20. The summed E-state index contributed by atoms with van der Waals surface area (Å²) in [5.41, 5.74) is 7.88. The molecule has 25 heavy (non-hydrogen) atoms. The van der Waals surface area contributed by atoms with Crippen LogP contribution in [0.4, 0.5) is 11.5 Å². The summed E-state index contributed by atoms with van der Waals surface area (Å²) < 4.78 is 0. The fourth-order valence-electron chi connectivity index (χ4n) is 2.81. The number of piperidine rings is 1. The summed E-state index contributed by atoms with van der Waals surface area (Å²) in [5, 5.41) is 2.78. The van der Waals surface area contributed by atoms with E-state index in [9.17, 15) is 4.79 Å². The molecule has 0 radical (unpaired) electrons. The van der Waals surface area contributed by atoms with Crippen molar-refractivity contribution >= 4 is 42.2 Å². The standard InChI is InChI=1S/C18H22N4O.2ClH/c19-17(14-7-3-1-4-8-14)18(23)21-16-10-9-15(13-20-16)22-11-5-2-6-12-22;;/h1,3-4,7-10,13,17H,2,5-6,11-12,19H2,(H,20,21,23);2*1H. The molecule has 1 atom stereocenters. The fourth-order valence-corrected chi connectivity index (χ4v) is 2.81. The van der Waals surface area contributed by atoms with Crippen LogP contribution in [0.25, 0.3) is 0 Å². The van der Waals surface area contributed by atoms with Crippen LogP contribution in [0.15, 0.2) is 48.7 Å². The van der Waals surface area contributed by atoms with Gasteiger partial charge in [0.05, 0.1) is 11.9 Å². The van der Waals surface area contributed by atoms with Crippen molar-refractivity contribution in [2.75, 3.05) is 23.3 Å². The molecule has 136 valence electrons. The zero-order chi connectivity index (χ0) is 16.1. The molecule has 0 saturated carbocycles. The van der Waals surface area contributed by atoms with Crippen LogP contribution in [0.2, 0.25) is 0 Å². The van der Waals surface area contributed by atoms with Gasteiger partial charge in [0.15, 0.2) is 0 Å². The van der Waals surface area contributed by atoms with E-state index < -0.39 is 6.04 Å². The van der Waals surface area contributed by atoms with Gasteiger partial charge in [0.25, 0.3) is 0 Å². The minimum absolute atomic E-state index is 0. The van der Waals surface area contributed by atoms with Crippen LogP contribution in [-0.4, -0.2) is 24.0 Å². The van der Waals surface area contributed by atoms with Gasteiger partial charge in [-0.1, -0.05) is 30.3 Å². The number of pyridine rings is 1. The molecular formula is C18H24Cl2N4O. The zero-order valence-electron chi connectivity index (χ0n) is 13.9. The summed E-state index contributed by atoms with van der Waals surface area (Å²) in [7, 11) is 0. The Balaban J connectivity index is 0.00000156. The van der Waals surface area contributed by atoms with Gasteiger partial charge in [-0.2, -0.15) is 0 Å². The molecule has 1 aromatic heterocycles. The molecule has 1 aliphatic rings. The quantitative estimate of drug-likeness (QED) is 0.847. The molecule has 3 N–H and O–H groups in total. The maximum Gasteiger partial charge on any atom is 0.247 e. The van der Waals surface area contributed by atoms with E-state index in [1.807, 2.05) is 48.7 Å². The van der Waals surface area contributed by atoms with Crippen molar-refractivity contribution in [1.82, 2.24) is 4.98 Å². The summed E-state index contributed by atoms with van der Waals surface area (Å²) in [6.45, 7) is 2.15. The molecule has 1 aromatic carbocycles. The lowest BCUT2D eigenvalue weighted by molar-refractivity contribution is -0.117. The van der Waals surface area contributed by atoms with Crippen molar-refractivity contribution in [2.45, 2.75) is 25.3 Å². The van der Waals surface area contributed by atoms with Crippen LogP contribution in [0.1, 0.15) is 30.9 Å². The van der Waals surface area contributed by atoms with Gasteiger partial charge in [-0.3, -0.25) is 4.79 Å². The number of halogens is 2. The third-order valence-electron chi connectivity index (χ3n) is 4.16. The Morgan fingerprint density at radius 3 is 2.32 bits per heavy atom. The molecular weight excluding hydrogens is 359 g/mol. The first-order chi connectivity index (χ1) is 11.2. The number of nitrogens with two attached hydrogens (primary N) is 1. The number of nitrogens with zero attached hydrogens (tertiary/aromatic N) is 2. The number of hydrogen-bond donors (Lipinski definition) is 2. The van der Waals surface area contributed by atoms with E-state index in [-0.39, 0.29) is 30.7 Å². The first kappa shape index (κ1) is 21.2. The summed E-state index contributed by atoms with van der Waals surface area (Å²) in [6.07, 6.45) is 5.57. The first-order valence-electron chi connectivity index (χ1n) is 8.06. The topological polar surface area (TPSA) is 71.2 Å². The Hall–Kier alpha value is -1.82. The molecule has 5 nitrogen and oxygen atoms in total. The van der Waals surface area contributed by atoms with Gasteiger partial charge in [0, 0.05) is 13.1 Å². The average molecular weight is 383 g/mol. The highest BCUT2D eigenvalue weighted by molar-refractivity contribution is 5.94. The van der Waals surface area contributed by atoms with Crippen molar-refractivity contribution in [3.63, 3.8) is 0 Å². The Bertz CT molecular complexity index is 646. The largest absolute Gasteiger partial charge is 0.370 e. The van der Waals surface area contributed by atoms with Gasteiger partial charge >= 0.3 is 0 Å². The van der Waals surface area contributed by atoms with E-state index in [0.29, 0.717) is 5.82 Å². The fraction of sp³-hybridized carbons (Fsp3) is 0.333.